The van der Waals surface area contributed by atoms with Gasteiger partial charge < -0.3 is 15.1 Å². The van der Waals surface area contributed by atoms with Gasteiger partial charge in [0, 0.05) is 42.6 Å². The highest BCUT2D eigenvalue weighted by Gasteiger charge is 2.18. The normalized spacial score (nSPS) is 14.6. The molecule has 0 spiro atoms. The molecule has 2 aromatic carbocycles. The number of amides is 1. The molecule has 1 aliphatic heterocycles. The number of nitrogens with zero attached hydrogens (tertiary/aromatic N) is 4. The molecular weight excluding hydrogens is 410 g/mol. The second kappa shape index (κ2) is 9.12. The number of likely N-dealkylation sites (N-methyl/N-ethyl adjacent to an activating group) is 1. The number of halogens is 1. The van der Waals surface area contributed by atoms with Gasteiger partial charge in [-0.3, -0.25) is 4.79 Å². The first kappa shape index (κ1) is 21.4. The maximum atomic E-state index is 12.9. The summed E-state index contributed by atoms with van der Waals surface area (Å²) in [5.74, 6) is -0.162. The molecule has 2 heterocycles. The van der Waals surface area contributed by atoms with E-state index in [1.165, 1.54) is 5.69 Å². The van der Waals surface area contributed by atoms with E-state index < -0.39 is 0 Å². The lowest BCUT2D eigenvalue weighted by molar-refractivity contribution is 0.102. The molecule has 1 fully saturated rings. The first-order valence-electron chi connectivity index (χ1n) is 10.7. The largest absolute Gasteiger partial charge is 0.369 e. The SMILES string of the molecule is CCN1CCN(c2ccc(NC(=O)c3cnn(-c4ccc(Cl)cc4)c3C)c(C)c2)CC1. The van der Waals surface area contributed by atoms with Crippen LogP contribution in [0.2, 0.25) is 5.02 Å². The Bertz CT molecular complexity index is 1070. The van der Waals surface area contributed by atoms with Gasteiger partial charge in [0.25, 0.3) is 5.91 Å². The first-order valence-corrected chi connectivity index (χ1v) is 11.0. The number of aryl methyl sites for hydroxylation is 1. The van der Waals surface area contributed by atoms with E-state index in [4.69, 9.17) is 11.6 Å². The van der Waals surface area contributed by atoms with Crippen LogP contribution in [0.5, 0.6) is 0 Å². The number of carbonyl (C=O) groups excluding carboxylic acids is 1. The maximum absolute atomic E-state index is 12.9. The molecule has 1 aromatic heterocycles. The summed E-state index contributed by atoms with van der Waals surface area (Å²) in [6.45, 7) is 11.5. The summed E-state index contributed by atoms with van der Waals surface area (Å²) < 4.78 is 1.75. The van der Waals surface area contributed by atoms with Gasteiger partial charge in [0.2, 0.25) is 0 Å². The van der Waals surface area contributed by atoms with Crippen LogP contribution in [0.25, 0.3) is 5.69 Å². The Hall–Kier alpha value is -2.83. The number of piperazine rings is 1. The van der Waals surface area contributed by atoms with Gasteiger partial charge in [-0.25, -0.2) is 4.68 Å². The Morgan fingerprint density at radius 1 is 1.03 bits per heavy atom. The van der Waals surface area contributed by atoms with Gasteiger partial charge in [-0.2, -0.15) is 5.10 Å². The van der Waals surface area contributed by atoms with Crippen LogP contribution in [0.15, 0.2) is 48.7 Å². The van der Waals surface area contributed by atoms with Crippen molar-refractivity contribution in [1.82, 2.24) is 14.7 Å². The summed E-state index contributed by atoms with van der Waals surface area (Å²) in [6, 6.07) is 13.6. The number of nitrogens with one attached hydrogen (secondary N) is 1. The van der Waals surface area contributed by atoms with Crippen molar-refractivity contribution in [1.29, 1.82) is 0 Å². The molecule has 0 saturated carbocycles. The third-order valence-electron chi connectivity index (χ3n) is 5.97. The molecule has 6 nitrogen and oxygen atoms in total. The standard InChI is InChI=1S/C24H28ClN5O/c1-4-28-11-13-29(14-12-28)21-9-10-23(17(2)15-21)27-24(31)22-16-26-30(18(22)3)20-7-5-19(25)6-8-20/h5-10,15-16H,4,11-14H2,1-3H3,(H,27,31). The number of anilines is 2. The van der Waals surface area contributed by atoms with E-state index >= 15 is 0 Å². The van der Waals surface area contributed by atoms with Gasteiger partial charge in [0.05, 0.1) is 23.1 Å². The summed E-state index contributed by atoms with van der Waals surface area (Å²) >= 11 is 5.97. The fourth-order valence-electron chi connectivity index (χ4n) is 3.97. The molecule has 1 aliphatic rings. The highest BCUT2D eigenvalue weighted by Crippen LogP contribution is 2.25. The van der Waals surface area contributed by atoms with Crippen molar-refractivity contribution >= 4 is 28.9 Å². The van der Waals surface area contributed by atoms with Gasteiger partial charge in [0.1, 0.15) is 0 Å². The van der Waals surface area contributed by atoms with Crippen LogP contribution in [0, 0.1) is 13.8 Å². The van der Waals surface area contributed by atoms with Crippen molar-refractivity contribution in [3.05, 3.63) is 70.5 Å². The Morgan fingerprint density at radius 2 is 1.71 bits per heavy atom. The summed E-state index contributed by atoms with van der Waals surface area (Å²) in [6.07, 6.45) is 1.61. The van der Waals surface area contributed by atoms with Crippen LogP contribution in [0.3, 0.4) is 0 Å². The molecule has 1 saturated heterocycles. The zero-order valence-electron chi connectivity index (χ0n) is 18.2. The van der Waals surface area contributed by atoms with Gasteiger partial charge in [0.15, 0.2) is 0 Å². The molecular formula is C24H28ClN5O. The molecule has 0 radical (unpaired) electrons. The van der Waals surface area contributed by atoms with Crippen molar-refractivity contribution in [3.8, 4) is 5.69 Å². The van der Waals surface area contributed by atoms with Crippen LogP contribution in [-0.2, 0) is 0 Å². The topological polar surface area (TPSA) is 53.4 Å². The van der Waals surface area contributed by atoms with Crippen molar-refractivity contribution in [2.45, 2.75) is 20.8 Å². The average molecular weight is 438 g/mol. The van der Waals surface area contributed by atoms with Crippen LogP contribution in [0.1, 0.15) is 28.5 Å². The summed E-state index contributed by atoms with van der Waals surface area (Å²) in [5.41, 5.74) is 5.27. The lowest BCUT2D eigenvalue weighted by Gasteiger charge is -2.35. The summed E-state index contributed by atoms with van der Waals surface area (Å²) in [4.78, 5) is 17.8. The van der Waals surface area contributed by atoms with Crippen LogP contribution in [-0.4, -0.2) is 53.3 Å². The molecule has 4 rings (SSSR count). The second-order valence-corrected chi connectivity index (χ2v) is 8.34. The molecule has 0 bridgehead atoms. The number of benzene rings is 2. The van der Waals surface area contributed by atoms with E-state index in [1.54, 1.807) is 10.9 Å². The average Bonchev–Trinajstić information content (AvgIpc) is 3.17. The third kappa shape index (κ3) is 4.60. The zero-order chi connectivity index (χ0) is 22.0. The molecule has 3 aromatic rings. The van der Waals surface area contributed by atoms with Crippen LogP contribution < -0.4 is 10.2 Å². The molecule has 0 unspecified atom stereocenters. The fraction of sp³-hybridized carbons (Fsp3) is 0.333. The van der Waals surface area contributed by atoms with Gasteiger partial charge in [-0.1, -0.05) is 18.5 Å². The maximum Gasteiger partial charge on any atom is 0.259 e. The lowest BCUT2D eigenvalue weighted by Crippen LogP contribution is -2.46. The van der Waals surface area contributed by atoms with E-state index in [9.17, 15) is 4.79 Å². The van der Waals surface area contributed by atoms with Crippen LogP contribution >= 0.6 is 11.6 Å². The van der Waals surface area contributed by atoms with Gasteiger partial charge >= 0.3 is 0 Å². The minimum absolute atomic E-state index is 0.162. The Morgan fingerprint density at radius 3 is 2.35 bits per heavy atom. The van der Waals surface area contributed by atoms with E-state index in [2.05, 4.69) is 39.3 Å². The number of rotatable bonds is 5. The van der Waals surface area contributed by atoms with E-state index in [0.717, 1.165) is 55.4 Å². The Labute approximate surface area is 188 Å². The fourth-order valence-corrected chi connectivity index (χ4v) is 4.10. The van der Waals surface area contributed by atoms with E-state index in [0.29, 0.717) is 10.6 Å². The van der Waals surface area contributed by atoms with Crippen LogP contribution in [0.4, 0.5) is 11.4 Å². The number of hydrogen-bond acceptors (Lipinski definition) is 4. The number of carbonyl (C=O) groups is 1. The van der Waals surface area contributed by atoms with Gasteiger partial charge in [-0.15, -0.1) is 0 Å². The third-order valence-corrected chi connectivity index (χ3v) is 6.22. The summed E-state index contributed by atoms with van der Waals surface area (Å²) in [5, 5.41) is 8.10. The van der Waals surface area contributed by atoms with Crippen molar-refractivity contribution in [2.24, 2.45) is 0 Å². The molecule has 0 atom stereocenters. The second-order valence-electron chi connectivity index (χ2n) is 7.91. The predicted octanol–water partition coefficient (Wildman–Crippen LogP) is 4.54. The predicted molar refractivity (Wildman–Crippen MR) is 127 cm³/mol. The number of hydrogen-bond donors (Lipinski definition) is 1. The molecule has 31 heavy (non-hydrogen) atoms. The van der Waals surface area contributed by atoms with Gasteiger partial charge in [-0.05, 0) is 68.4 Å². The monoisotopic (exact) mass is 437 g/mol. The van der Waals surface area contributed by atoms with Crippen molar-refractivity contribution < 1.29 is 4.79 Å². The van der Waals surface area contributed by atoms with E-state index in [-0.39, 0.29) is 5.91 Å². The zero-order valence-corrected chi connectivity index (χ0v) is 19.0. The Kier molecular flexibility index (Phi) is 6.30. The van der Waals surface area contributed by atoms with E-state index in [1.807, 2.05) is 44.2 Å². The highest BCUT2D eigenvalue weighted by molar-refractivity contribution is 6.30. The smallest absolute Gasteiger partial charge is 0.259 e. The molecule has 0 aliphatic carbocycles. The van der Waals surface area contributed by atoms with Crippen molar-refractivity contribution in [3.63, 3.8) is 0 Å². The molecule has 7 heteroatoms. The lowest BCUT2D eigenvalue weighted by atomic mass is 10.1. The molecule has 1 amide bonds. The highest BCUT2D eigenvalue weighted by atomic mass is 35.5. The quantitative estimate of drug-likeness (QED) is 0.636. The Balaban J connectivity index is 1.47. The van der Waals surface area contributed by atoms with Crippen molar-refractivity contribution in [2.75, 3.05) is 42.9 Å². The minimum Gasteiger partial charge on any atom is -0.369 e. The number of aromatic nitrogens is 2. The molecule has 1 N–H and O–H groups in total. The molecule has 162 valence electrons. The minimum atomic E-state index is -0.162. The summed E-state index contributed by atoms with van der Waals surface area (Å²) in [7, 11) is 0. The first-order chi connectivity index (χ1) is 15.0.